The Morgan fingerprint density at radius 3 is 2.79 bits per heavy atom. The summed E-state index contributed by atoms with van der Waals surface area (Å²) in [6, 6.07) is 11.7. The maximum Gasteiger partial charge on any atom is 0.341 e. The van der Waals surface area contributed by atoms with Gasteiger partial charge >= 0.3 is 5.97 Å². The highest BCUT2D eigenvalue weighted by atomic mass is 19.2. The topological polar surface area (TPSA) is 49.8 Å². The van der Waals surface area contributed by atoms with Gasteiger partial charge in [-0.25, -0.2) is 13.6 Å². The highest BCUT2D eigenvalue weighted by Crippen LogP contribution is 2.24. The third-order valence-electron chi connectivity index (χ3n) is 5.10. The number of halogens is 2. The molecule has 1 aliphatic heterocycles. The number of ether oxygens (including phenoxy) is 1. The predicted molar refractivity (Wildman–Crippen MR) is 102 cm³/mol. The maximum atomic E-state index is 13.4. The highest BCUT2D eigenvalue weighted by molar-refractivity contribution is 5.68. The minimum absolute atomic E-state index is 0.348. The van der Waals surface area contributed by atoms with Crippen LogP contribution in [0, 0.1) is 17.6 Å². The van der Waals surface area contributed by atoms with Crippen LogP contribution in [0.2, 0.25) is 0 Å². The molecule has 2 aromatic carbocycles. The molecule has 0 saturated carbocycles. The monoisotopic (exact) mass is 389 g/mol. The second-order valence-electron chi connectivity index (χ2n) is 7.36. The smallest absolute Gasteiger partial charge is 0.341 e. The molecule has 150 valence electrons. The Kier molecular flexibility index (Phi) is 6.98. The zero-order valence-corrected chi connectivity index (χ0v) is 15.7. The Balaban J connectivity index is 1.51. The molecule has 0 aromatic heterocycles. The van der Waals surface area contributed by atoms with Crippen molar-refractivity contribution in [1.82, 2.24) is 4.90 Å². The van der Waals surface area contributed by atoms with Crippen LogP contribution in [0.25, 0.3) is 0 Å². The molecule has 0 aliphatic carbocycles. The molecule has 1 fully saturated rings. The van der Waals surface area contributed by atoms with Gasteiger partial charge < -0.3 is 9.84 Å². The van der Waals surface area contributed by atoms with Crippen molar-refractivity contribution in [2.24, 2.45) is 5.92 Å². The summed E-state index contributed by atoms with van der Waals surface area (Å²) in [5, 5.41) is 8.72. The van der Waals surface area contributed by atoms with Crippen molar-refractivity contribution in [3.8, 4) is 5.75 Å². The van der Waals surface area contributed by atoms with Gasteiger partial charge in [-0.15, -0.1) is 0 Å². The number of likely N-dealkylation sites (tertiary alicyclic amines) is 1. The molecule has 0 amide bonds. The first-order valence-electron chi connectivity index (χ1n) is 9.59. The van der Waals surface area contributed by atoms with E-state index < -0.39 is 17.6 Å². The van der Waals surface area contributed by atoms with Gasteiger partial charge in [-0.1, -0.05) is 18.2 Å². The van der Waals surface area contributed by atoms with Gasteiger partial charge in [0.25, 0.3) is 0 Å². The number of piperidine rings is 1. The Morgan fingerprint density at radius 2 is 2.00 bits per heavy atom. The lowest BCUT2D eigenvalue weighted by atomic mass is 9.91. The lowest BCUT2D eigenvalue weighted by molar-refractivity contribution is -0.139. The van der Waals surface area contributed by atoms with Crippen LogP contribution in [0.4, 0.5) is 8.78 Å². The van der Waals surface area contributed by atoms with E-state index in [2.05, 4.69) is 4.90 Å². The van der Waals surface area contributed by atoms with E-state index in [0.29, 0.717) is 11.7 Å². The second kappa shape index (κ2) is 9.64. The van der Waals surface area contributed by atoms with Crippen molar-refractivity contribution < 1.29 is 23.4 Å². The molecule has 1 saturated heterocycles. The van der Waals surface area contributed by atoms with E-state index in [1.165, 1.54) is 12.1 Å². The van der Waals surface area contributed by atoms with Gasteiger partial charge in [-0.2, -0.15) is 0 Å². The standard InChI is InChI=1S/C22H25F2NO3/c23-20-9-8-16(12-21(20)24)6-7-17-4-2-10-25(13-17)14-18-3-1-5-19(11-18)28-15-22(26)27/h1,3,5,8-9,11-12,17H,2,4,6-7,10,13-15H2,(H,26,27)/t17-/m1/s1. The molecule has 4 nitrogen and oxygen atoms in total. The number of benzene rings is 2. The predicted octanol–water partition coefficient (Wildman–Crippen LogP) is 4.27. The van der Waals surface area contributed by atoms with E-state index in [9.17, 15) is 13.6 Å². The van der Waals surface area contributed by atoms with Gasteiger partial charge in [-0.05, 0) is 73.5 Å². The number of hydrogen-bond donors (Lipinski definition) is 1. The Labute approximate surface area is 163 Å². The zero-order chi connectivity index (χ0) is 19.9. The molecule has 0 unspecified atom stereocenters. The van der Waals surface area contributed by atoms with Crippen LogP contribution in [-0.2, 0) is 17.8 Å². The van der Waals surface area contributed by atoms with Crippen LogP contribution in [0.3, 0.4) is 0 Å². The SMILES string of the molecule is O=C(O)COc1cccc(CN2CCC[C@H](CCc3ccc(F)c(F)c3)C2)c1. The van der Waals surface area contributed by atoms with Crippen molar-refractivity contribution in [3.05, 3.63) is 65.2 Å². The molecular formula is C22H25F2NO3. The van der Waals surface area contributed by atoms with Gasteiger partial charge in [0.05, 0.1) is 0 Å². The van der Waals surface area contributed by atoms with Crippen LogP contribution in [0.5, 0.6) is 5.75 Å². The van der Waals surface area contributed by atoms with E-state index in [4.69, 9.17) is 9.84 Å². The molecule has 2 aromatic rings. The van der Waals surface area contributed by atoms with E-state index >= 15 is 0 Å². The molecule has 1 N–H and O–H groups in total. The van der Waals surface area contributed by atoms with Gasteiger partial charge in [0.15, 0.2) is 18.2 Å². The van der Waals surface area contributed by atoms with Crippen LogP contribution in [0.1, 0.15) is 30.4 Å². The molecule has 0 bridgehead atoms. The average Bonchev–Trinajstić information content (AvgIpc) is 2.68. The first-order chi connectivity index (χ1) is 13.5. The van der Waals surface area contributed by atoms with Crippen molar-refractivity contribution in [2.75, 3.05) is 19.7 Å². The fraction of sp³-hybridized carbons (Fsp3) is 0.409. The molecular weight excluding hydrogens is 364 g/mol. The van der Waals surface area contributed by atoms with Crippen molar-refractivity contribution >= 4 is 5.97 Å². The van der Waals surface area contributed by atoms with Crippen LogP contribution in [-0.4, -0.2) is 35.7 Å². The molecule has 3 rings (SSSR count). The summed E-state index contributed by atoms with van der Waals surface area (Å²) in [5.74, 6) is -1.50. The molecule has 1 heterocycles. The summed E-state index contributed by atoms with van der Waals surface area (Å²) >= 11 is 0. The van der Waals surface area contributed by atoms with Crippen molar-refractivity contribution in [1.29, 1.82) is 0 Å². The first-order valence-corrected chi connectivity index (χ1v) is 9.59. The van der Waals surface area contributed by atoms with E-state index in [1.54, 1.807) is 12.1 Å². The average molecular weight is 389 g/mol. The molecule has 6 heteroatoms. The van der Waals surface area contributed by atoms with E-state index in [1.807, 2.05) is 18.2 Å². The van der Waals surface area contributed by atoms with Crippen LogP contribution < -0.4 is 4.74 Å². The number of hydrogen-bond acceptors (Lipinski definition) is 3. The second-order valence-corrected chi connectivity index (χ2v) is 7.36. The van der Waals surface area contributed by atoms with Gasteiger partial charge in [0.1, 0.15) is 5.75 Å². The number of carbonyl (C=O) groups is 1. The summed E-state index contributed by atoms with van der Waals surface area (Å²) in [7, 11) is 0. The third kappa shape index (κ3) is 6.02. The minimum Gasteiger partial charge on any atom is -0.482 e. The number of rotatable bonds is 8. The van der Waals surface area contributed by atoms with Gasteiger partial charge in [0.2, 0.25) is 0 Å². The van der Waals surface area contributed by atoms with Crippen molar-refractivity contribution in [3.63, 3.8) is 0 Å². The number of aliphatic carboxylic acids is 1. The fourth-order valence-electron chi connectivity index (χ4n) is 3.73. The Morgan fingerprint density at radius 1 is 1.14 bits per heavy atom. The quantitative estimate of drug-likeness (QED) is 0.732. The van der Waals surface area contributed by atoms with E-state index in [0.717, 1.165) is 56.4 Å². The lowest BCUT2D eigenvalue weighted by Gasteiger charge is -2.33. The number of nitrogens with zero attached hydrogens (tertiary/aromatic N) is 1. The summed E-state index contributed by atoms with van der Waals surface area (Å²) in [5.41, 5.74) is 1.92. The maximum absolute atomic E-state index is 13.4. The minimum atomic E-state index is -0.995. The van der Waals surface area contributed by atoms with Gasteiger partial charge in [0, 0.05) is 13.1 Å². The summed E-state index contributed by atoms with van der Waals surface area (Å²) in [4.78, 5) is 13.0. The Hall–Kier alpha value is -2.47. The van der Waals surface area contributed by atoms with Crippen molar-refractivity contribution in [2.45, 2.75) is 32.2 Å². The summed E-state index contributed by atoms with van der Waals surface area (Å²) < 4.78 is 31.7. The van der Waals surface area contributed by atoms with Gasteiger partial charge in [-0.3, -0.25) is 4.90 Å². The molecule has 0 radical (unpaired) electrons. The fourth-order valence-corrected chi connectivity index (χ4v) is 3.73. The third-order valence-corrected chi connectivity index (χ3v) is 5.10. The first kappa shape index (κ1) is 20.3. The normalized spacial score (nSPS) is 17.4. The largest absolute Gasteiger partial charge is 0.482 e. The Bertz CT molecular complexity index is 812. The number of aryl methyl sites for hydroxylation is 1. The lowest BCUT2D eigenvalue weighted by Crippen LogP contribution is -2.35. The molecule has 0 spiro atoms. The molecule has 28 heavy (non-hydrogen) atoms. The highest BCUT2D eigenvalue weighted by Gasteiger charge is 2.20. The van der Waals surface area contributed by atoms with Crippen LogP contribution in [0.15, 0.2) is 42.5 Å². The summed E-state index contributed by atoms with van der Waals surface area (Å²) in [6.07, 6.45) is 3.94. The van der Waals surface area contributed by atoms with Crippen LogP contribution >= 0.6 is 0 Å². The number of carboxylic acids is 1. The summed E-state index contributed by atoms with van der Waals surface area (Å²) in [6.45, 7) is 2.41. The molecule has 1 aliphatic rings. The molecule has 1 atom stereocenters. The number of carboxylic acid groups (broad SMARTS) is 1. The van der Waals surface area contributed by atoms with E-state index in [-0.39, 0.29) is 6.61 Å². The zero-order valence-electron chi connectivity index (χ0n) is 15.7.